The fraction of sp³-hybridized carbons (Fsp3) is 0.400. The molecule has 88 valence electrons. The number of nitrogens with one attached hydrogen (secondary N) is 1. The van der Waals surface area contributed by atoms with E-state index in [0.717, 1.165) is 0 Å². The fourth-order valence-corrected chi connectivity index (χ4v) is 2.99. The lowest BCUT2D eigenvalue weighted by Crippen LogP contribution is -2.21. The van der Waals surface area contributed by atoms with Crippen LogP contribution in [-0.2, 0) is 0 Å². The van der Waals surface area contributed by atoms with Crippen LogP contribution in [0.2, 0.25) is 0 Å². The Bertz CT molecular complexity index is 516. The highest BCUT2D eigenvalue weighted by molar-refractivity contribution is 5.85. The Balaban J connectivity index is 2.00. The molecule has 0 bridgehead atoms. The van der Waals surface area contributed by atoms with Crippen molar-refractivity contribution in [3.05, 3.63) is 42.2 Å². The Kier molecular flexibility index (Phi) is 2.81. The van der Waals surface area contributed by atoms with Crippen LogP contribution < -0.4 is 5.32 Å². The molecule has 1 saturated carbocycles. The summed E-state index contributed by atoms with van der Waals surface area (Å²) in [7, 11) is 2.06. The smallest absolute Gasteiger partial charge is 0.0346 e. The second-order valence-corrected chi connectivity index (χ2v) is 4.95. The van der Waals surface area contributed by atoms with E-state index < -0.39 is 0 Å². The number of pyridine rings is 1. The van der Waals surface area contributed by atoms with E-state index in [-0.39, 0.29) is 0 Å². The van der Waals surface area contributed by atoms with Crippen molar-refractivity contribution in [2.75, 3.05) is 7.05 Å². The van der Waals surface area contributed by atoms with E-state index in [0.29, 0.717) is 12.0 Å². The molecule has 0 aliphatic heterocycles. The largest absolute Gasteiger partial charge is 0.317 e. The Morgan fingerprint density at radius 1 is 1.18 bits per heavy atom. The minimum Gasteiger partial charge on any atom is -0.317 e. The van der Waals surface area contributed by atoms with Crippen LogP contribution in [0.1, 0.15) is 30.7 Å². The Morgan fingerprint density at radius 2 is 2.06 bits per heavy atom. The van der Waals surface area contributed by atoms with Crippen LogP contribution in [0.5, 0.6) is 0 Å². The first-order chi connectivity index (χ1) is 8.38. The molecule has 1 N–H and O–H groups in total. The van der Waals surface area contributed by atoms with Gasteiger partial charge >= 0.3 is 0 Å². The van der Waals surface area contributed by atoms with E-state index >= 15 is 0 Å². The van der Waals surface area contributed by atoms with Gasteiger partial charge in [0.15, 0.2) is 0 Å². The molecule has 3 rings (SSSR count). The molecule has 2 nitrogen and oxygen atoms in total. The maximum Gasteiger partial charge on any atom is 0.0346 e. The van der Waals surface area contributed by atoms with E-state index in [1.807, 2.05) is 6.20 Å². The van der Waals surface area contributed by atoms with Gasteiger partial charge in [0, 0.05) is 23.8 Å². The zero-order valence-electron chi connectivity index (χ0n) is 10.2. The molecule has 1 aromatic carbocycles. The highest BCUT2D eigenvalue weighted by Crippen LogP contribution is 2.37. The topological polar surface area (TPSA) is 24.9 Å². The van der Waals surface area contributed by atoms with Gasteiger partial charge in [0.2, 0.25) is 0 Å². The van der Waals surface area contributed by atoms with Crippen molar-refractivity contribution >= 4 is 10.8 Å². The molecule has 2 atom stereocenters. The van der Waals surface area contributed by atoms with Gasteiger partial charge < -0.3 is 5.32 Å². The predicted octanol–water partition coefficient (Wildman–Crippen LogP) is 3.09. The standard InChI is InChI=1S/C15H18N2/c1-16-13-7-6-11(8-13)15-10-17-9-12-4-2-3-5-14(12)15/h2-5,9-11,13,16H,6-8H2,1H3. The van der Waals surface area contributed by atoms with Crippen molar-refractivity contribution in [1.82, 2.24) is 10.3 Å². The first kappa shape index (κ1) is 10.7. The van der Waals surface area contributed by atoms with E-state index in [4.69, 9.17) is 0 Å². The summed E-state index contributed by atoms with van der Waals surface area (Å²) in [6.45, 7) is 0. The summed E-state index contributed by atoms with van der Waals surface area (Å²) < 4.78 is 0. The summed E-state index contributed by atoms with van der Waals surface area (Å²) in [5.74, 6) is 0.672. The fourth-order valence-electron chi connectivity index (χ4n) is 2.99. The summed E-state index contributed by atoms with van der Waals surface area (Å²) in [4.78, 5) is 4.39. The van der Waals surface area contributed by atoms with Gasteiger partial charge in [-0.15, -0.1) is 0 Å². The minimum atomic E-state index is 0.672. The summed E-state index contributed by atoms with van der Waals surface area (Å²) in [6, 6.07) is 9.25. The summed E-state index contributed by atoms with van der Waals surface area (Å²) >= 11 is 0. The van der Waals surface area contributed by atoms with E-state index in [1.54, 1.807) is 0 Å². The molecule has 1 aliphatic rings. The van der Waals surface area contributed by atoms with Crippen molar-refractivity contribution in [2.24, 2.45) is 0 Å². The lowest BCUT2D eigenvalue weighted by Gasteiger charge is -2.13. The van der Waals surface area contributed by atoms with Gasteiger partial charge in [0.25, 0.3) is 0 Å². The van der Waals surface area contributed by atoms with Crippen LogP contribution in [0.4, 0.5) is 0 Å². The summed E-state index contributed by atoms with van der Waals surface area (Å²) in [5, 5.41) is 6.03. The Morgan fingerprint density at radius 3 is 2.88 bits per heavy atom. The average molecular weight is 226 g/mol. The van der Waals surface area contributed by atoms with Crippen LogP contribution in [0.15, 0.2) is 36.7 Å². The second-order valence-electron chi connectivity index (χ2n) is 4.95. The normalized spacial score (nSPS) is 24.3. The third-order valence-electron chi connectivity index (χ3n) is 3.98. The van der Waals surface area contributed by atoms with Crippen LogP contribution in [0, 0.1) is 0 Å². The number of hydrogen-bond acceptors (Lipinski definition) is 2. The third-order valence-corrected chi connectivity index (χ3v) is 3.98. The molecule has 0 amide bonds. The first-order valence-corrected chi connectivity index (χ1v) is 6.38. The lowest BCUT2D eigenvalue weighted by molar-refractivity contribution is 0.572. The van der Waals surface area contributed by atoms with Gasteiger partial charge in [-0.25, -0.2) is 0 Å². The number of rotatable bonds is 2. The number of aromatic nitrogens is 1. The molecule has 2 unspecified atom stereocenters. The molecule has 1 fully saturated rings. The number of nitrogens with zero attached hydrogens (tertiary/aromatic N) is 1. The van der Waals surface area contributed by atoms with Gasteiger partial charge in [-0.3, -0.25) is 4.98 Å². The molecule has 1 heterocycles. The van der Waals surface area contributed by atoms with Crippen molar-refractivity contribution < 1.29 is 0 Å². The van der Waals surface area contributed by atoms with Gasteiger partial charge in [-0.05, 0) is 43.2 Å². The molecular formula is C15H18N2. The van der Waals surface area contributed by atoms with Gasteiger partial charge in [-0.1, -0.05) is 24.3 Å². The predicted molar refractivity (Wildman–Crippen MR) is 71.2 cm³/mol. The van der Waals surface area contributed by atoms with Crippen molar-refractivity contribution in [1.29, 1.82) is 0 Å². The van der Waals surface area contributed by atoms with Gasteiger partial charge in [0.1, 0.15) is 0 Å². The molecule has 1 aliphatic carbocycles. The number of hydrogen-bond donors (Lipinski definition) is 1. The van der Waals surface area contributed by atoms with Gasteiger partial charge in [-0.2, -0.15) is 0 Å². The maximum atomic E-state index is 4.39. The monoisotopic (exact) mass is 226 g/mol. The highest BCUT2D eigenvalue weighted by atomic mass is 14.9. The molecule has 2 heteroatoms. The molecule has 17 heavy (non-hydrogen) atoms. The van der Waals surface area contributed by atoms with Gasteiger partial charge in [0.05, 0.1) is 0 Å². The zero-order chi connectivity index (χ0) is 11.7. The van der Waals surface area contributed by atoms with Crippen LogP contribution in [0.25, 0.3) is 10.8 Å². The molecule has 0 saturated heterocycles. The zero-order valence-corrected chi connectivity index (χ0v) is 10.2. The molecule has 1 aromatic heterocycles. The molecular weight excluding hydrogens is 208 g/mol. The number of fused-ring (bicyclic) bond motifs is 1. The van der Waals surface area contributed by atoms with Crippen LogP contribution in [0.3, 0.4) is 0 Å². The summed E-state index contributed by atoms with van der Waals surface area (Å²) in [6.07, 6.45) is 7.83. The van der Waals surface area contributed by atoms with E-state index in [9.17, 15) is 0 Å². The van der Waals surface area contributed by atoms with E-state index in [1.165, 1.54) is 35.6 Å². The SMILES string of the molecule is CNC1CCC(c2cncc3ccccc23)C1. The second kappa shape index (κ2) is 4.46. The quantitative estimate of drug-likeness (QED) is 0.851. The van der Waals surface area contributed by atoms with Crippen molar-refractivity contribution in [3.63, 3.8) is 0 Å². The summed E-state index contributed by atoms with van der Waals surface area (Å²) in [5.41, 5.74) is 1.43. The Hall–Kier alpha value is -1.41. The minimum absolute atomic E-state index is 0.672. The first-order valence-electron chi connectivity index (χ1n) is 6.38. The van der Waals surface area contributed by atoms with Crippen LogP contribution >= 0.6 is 0 Å². The third kappa shape index (κ3) is 1.93. The lowest BCUT2D eigenvalue weighted by atomic mass is 9.94. The van der Waals surface area contributed by atoms with E-state index in [2.05, 4.69) is 47.8 Å². The Labute approximate surface area is 102 Å². The van der Waals surface area contributed by atoms with Crippen molar-refractivity contribution in [2.45, 2.75) is 31.2 Å². The maximum absolute atomic E-state index is 4.39. The molecule has 0 radical (unpaired) electrons. The number of benzene rings is 1. The molecule has 0 spiro atoms. The van der Waals surface area contributed by atoms with Crippen LogP contribution in [-0.4, -0.2) is 18.1 Å². The molecule has 2 aromatic rings. The van der Waals surface area contributed by atoms with Crippen molar-refractivity contribution in [3.8, 4) is 0 Å². The highest BCUT2D eigenvalue weighted by Gasteiger charge is 2.25. The average Bonchev–Trinajstić information content (AvgIpc) is 2.87.